The van der Waals surface area contributed by atoms with Crippen LogP contribution in [0.5, 0.6) is 0 Å². The number of hydrogen-bond acceptors (Lipinski definition) is 6. The second kappa shape index (κ2) is 9.90. The Morgan fingerprint density at radius 3 is 2.73 bits per heavy atom. The van der Waals surface area contributed by atoms with E-state index in [0.29, 0.717) is 5.69 Å². The molecule has 2 rings (SSSR count). The van der Waals surface area contributed by atoms with Crippen molar-refractivity contribution in [3.63, 3.8) is 0 Å². The predicted octanol–water partition coefficient (Wildman–Crippen LogP) is 3.57. The van der Waals surface area contributed by atoms with E-state index in [0.717, 1.165) is 0 Å². The van der Waals surface area contributed by atoms with Crippen molar-refractivity contribution >= 4 is 32.9 Å². The van der Waals surface area contributed by atoms with Crippen molar-refractivity contribution in [2.75, 3.05) is 23.0 Å². The Morgan fingerprint density at radius 1 is 1.43 bits per heavy atom. The Balaban J connectivity index is 2.17. The lowest BCUT2D eigenvalue weighted by Crippen LogP contribution is -2.32. The molecule has 8 nitrogen and oxygen atoms in total. The normalized spacial score (nSPS) is 13.3. The fourth-order valence-electron chi connectivity index (χ4n) is 2.55. The summed E-state index contributed by atoms with van der Waals surface area (Å²) in [5, 5.41) is 12.8. The van der Waals surface area contributed by atoms with Crippen LogP contribution in [0.3, 0.4) is 0 Å². The quantitative estimate of drug-likeness (QED) is 0.558. The van der Waals surface area contributed by atoms with Crippen LogP contribution in [0.1, 0.15) is 19.8 Å². The highest BCUT2D eigenvalue weighted by Crippen LogP contribution is 2.27. The van der Waals surface area contributed by atoms with Gasteiger partial charge in [-0.05, 0) is 19.1 Å². The molecule has 0 aliphatic rings. The van der Waals surface area contributed by atoms with Gasteiger partial charge in [0.25, 0.3) is 0 Å². The van der Waals surface area contributed by atoms with E-state index in [1.807, 2.05) is 0 Å². The molecule has 1 unspecified atom stereocenters. The van der Waals surface area contributed by atoms with Gasteiger partial charge in [0.2, 0.25) is 12.1 Å². The molecule has 0 aromatic carbocycles. The highest BCUT2D eigenvalue weighted by atomic mass is 35.5. The average molecular weight is 463 g/mol. The minimum Gasteiger partial charge on any atom is -0.308 e. The maximum absolute atomic E-state index is 12.7. The van der Waals surface area contributed by atoms with E-state index >= 15 is 0 Å². The SMILES string of the molecule is CCN(C(=O)CCS(=O)(CCC(F)(F)F)=NC#N)c1cn(-c2cccnc2)nc1Cl. The summed E-state index contributed by atoms with van der Waals surface area (Å²) >= 11 is 6.16. The number of alkyl halides is 3. The molecular formula is C17H18ClF3N6O2S. The smallest absolute Gasteiger partial charge is 0.308 e. The Kier molecular flexibility index (Phi) is 7.80. The van der Waals surface area contributed by atoms with E-state index < -0.39 is 39.7 Å². The molecule has 0 N–H and O–H groups in total. The number of hydrogen-bond donors (Lipinski definition) is 0. The minimum absolute atomic E-state index is 0.0357. The fraction of sp³-hybridized carbons (Fsp3) is 0.412. The minimum atomic E-state index is -4.54. The predicted molar refractivity (Wildman–Crippen MR) is 106 cm³/mol. The molecule has 1 amide bonds. The number of aromatic nitrogens is 3. The lowest BCUT2D eigenvalue weighted by molar-refractivity contribution is -0.129. The first-order valence-electron chi connectivity index (χ1n) is 8.72. The molecule has 30 heavy (non-hydrogen) atoms. The number of carbonyl (C=O) groups excluding carboxylic acids is 1. The first-order valence-corrected chi connectivity index (χ1v) is 10.9. The van der Waals surface area contributed by atoms with Crippen LogP contribution in [0.2, 0.25) is 5.15 Å². The third-order valence-electron chi connectivity index (χ3n) is 4.02. The summed E-state index contributed by atoms with van der Waals surface area (Å²) in [6.07, 6.45) is -0.331. The number of carbonyl (C=O) groups is 1. The lowest BCUT2D eigenvalue weighted by Gasteiger charge is -2.20. The summed E-state index contributed by atoms with van der Waals surface area (Å²) in [6.45, 7) is 1.87. The fourth-order valence-corrected chi connectivity index (χ4v) is 4.36. The van der Waals surface area contributed by atoms with Crippen LogP contribution in [-0.2, 0) is 14.5 Å². The van der Waals surface area contributed by atoms with Gasteiger partial charge in [-0.3, -0.25) is 9.78 Å². The zero-order valence-corrected chi connectivity index (χ0v) is 17.4. The molecule has 0 bridgehead atoms. The second-order valence-electron chi connectivity index (χ2n) is 6.09. The first kappa shape index (κ1) is 23.6. The maximum atomic E-state index is 12.7. The van der Waals surface area contributed by atoms with Gasteiger partial charge < -0.3 is 4.90 Å². The topological polar surface area (TPSA) is 104 Å². The molecule has 2 aromatic heterocycles. The zero-order valence-electron chi connectivity index (χ0n) is 15.8. The summed E-state index contributed by atoms with van der Waals surface area (Å²) in [6, 6.07) is 3.43. The molecule has 0 saturated carbocycles. The number of anilines is 1. The van der Waals surface area contributed by atoms with Crippen LogP contribution in [0.15, 0.2) is 35.1 Å². The Labute approximate surface area is 176 Å². The standard InChI is InChI=1S/C17H18ClF3N6O2S/c1-2-26(14-11-27(25-16(14)18)13-4-3-7-23-10-13)15(28)5-8-30(29,24-12-22)9-6-17(19,20)21/h3-4,7,10-11H,2,5-6,8-9H2,1H3. The van der Waals surface area contributed by atoms with Crippen molar-refractivity contribution < 1.29 is 22.2 Å². The van der Waals surface area contributed by atoms with E-state index in [-0.39, 0.29) is 23.8 Å². The molecule has 0 saturated heterocycles. The van der Waals surface area contributed by atoms with Crippen LogP contribution in [-0.4, -0.2) is 49.1 Å². The van der Waals surface area contributed by atoms with E-state index in [4.69, 9.17) is 16.9 Å². The van der Waals surface area contributed by atoms with Crippen LogP contribution in [0.4, 0.5) is 18.9 Å². The van der Waals surface area contributed by atoms with Crippen LogP contribution >= 0.6 is 11.6 Å². The van der Waals surface area contributed by atoms with E-state index in [1.165, 1.54) is 22.0 Å². The number of amides is 1. The molecule has 162 valence electrons. The number of nitrogens with zero attached hydrogens (tertiary/aromatic N) is 6. The van der Waals surface area contributed by atoms with Crippen molar-refractivity contribution in [3.8, 4) is 11.9 Å². The van der Waals surface area contributed by atoms with Crippen molar-refractivity contribution in [2.45, 2.75) is 25.9 Å². The molecule has 0 spiro atoms. The van der Waals surface area contributed by atoms with Crippen LogP contribution in [0, 0.1) is 11.5 Å². The number of halogens is 4. The van der Waals surface area contributed by atoms with Crippen LogP contribution in [0.25, 0.3) is 5.69 Å². The van der Waals surface area contributed by atoms with Crippen molar-refractivity contribution in [1.29, 1.82) is 5.26 Å². The van der Waals surface area contributed by atoms with E-state index in [9.17, 15) is 22.2 Å². The summed E-state index contributed by atoms with van der Waals surface area (Å²) in [4.78, 5) is 17.9. The Morgan fingerprint density at radius 2 is 2.17 bits per heavy atom. The van der Waals surface area contributed by atoms with Gasteiger partial charge in [0.05, 0.1) is 34.2 Å². The summed E-state index contributed by atoms with van der Waals surface area (Å²) < 4.78 is 54.5. The summed E-state index contributed by atoms with van der Waals surface area (Å²) in [7, 11) is -3.50. The average Bonchev–Trinajstić information content (AvgIpc) is 3.08. The van der Waals surface area contributed by atoms with Gasteiger partial charge in [-0.25, -0.2) is 8.89 Å². The number of pyridine rings is 1. The van der Waals surface area contributed by atoms with E-state index in [1.54, 1.807) is 31.5 Å². The van der Waals surface area contributed by atoms with E-state index in [2.05, 4.69) is 14.4 Å². The Bertz CT molecular complexity index is 1040. The molecule has 0 aliphatic carbocycles. The van der Waals surface area contributed by atoms with Gasteiger partial charge >= 0.3 is 6.18 Å². The van der Waals surface area contributed by atoms with Gasteiger partial charge in [-0.15, -0.1) is 4.36 Å². The summed E-state index contributed by atoms with van der Waals surface area (Å²) in [5.74, 6) is -1.85. The molecule has 1 atom stereocenters. The van der Waals surface area contributed by atoms with Gasteiger partial charge in [0.15, 0.2) is 5.15 Å². The van der Waals surface area contributed by atoms with Crippen molar-refractivity contribution in [1.82, 2.24) is 14.8 Å². The zero-order chi connectivity index (χ0) is 22.4. The van der Waals surface area contributed by atoms with Gasteiger partial charge in [-0.1, -0.05) is 11.6 Å². The molecular weight excluding hydrogens is 445 g/mol. The summed E-state index contributed by atoms with van der Waals surface area (Å²) in [5.41, 5.74) is 0.893. The largest absolute Gasteiger partial charge is 0.390 e. The first-order chi connectivity index (χ1) is 14.1. The van der Waals surface area contributed by atoms with Gasteiger partial charge in [0, 0.05) is 30.7 Å². The third kappa shape index (κ3) is 6.43. The highest BCUT2D eigenvalue weighted by Gasteiger charge is 2.30. The Hall–Kier alpha value is -2.65. The molecule has 0 fully saturated rings. The van der Waals surface area contributed by atoms with Crippen molar-refractivity contribution in [3.05, 3.63) is 35.9 Å². The van der Waals surface area contributed by atoms with Crippen molar-refractivity contribution in [2.24, 2.45) is 4.36 Å². The highest BCUT2D eigenvalue weighted by molar-refractivity contribution is 7.93. The monoisotopic (exact) mass is 462 g/mol. The number of nitriles is 1. The molecule has 2 aromatic rings. The van der Waals surface area contributed by atoms with Gasteiger partial charge in [-0.2, -0.15) is 23.5 Å². The molecule has 0 radical (unpaired) electrons. The molecule has 2 heterocycles. The van der Waals surface area contributed by atoms with Gasteiger partial charge in [0.1, 0.15) is 5.69 Å². The number of rotatable bonds is 8. The lowest BCUT2D eigenvalue weighted by atomic mass is 10.3. The van der Waals surface area contributed by atoms with Crippen LogP contribution < -0.4 is 4.90 Å². The third-order valence-corrected chi connectivity index (χ3v) is 6.38. The molecule has 13 heteroatoms. The molecule has 0 aliphatic heterocycles. The maximum Gasteiger partial charge on any atom is 0.390 e. The second-order valence-corrected chi connectivity index (χ2v) is 8.99.